The van der Waals surface area contributed by atoms with Crippen molar-refractivity contribution >= 4 is 5.97 Å². The van der Waals surface area contributed by atoms with Crippen molar-refractivity contribution in [1.82, 2.24) is 4.90 Å². The predicted octanol–water partition coefficient (Wildman–Crippen LogP) is 4.63. The number of para-hydroxylation sites is 1. The molecule has 1 atom stereocenters. The standard InChI is InChI=1S/C27H33NO4/c1-19(29)32-25-6-4-5-23(26(25)30)27(12-2-3-13-27)22-10-15-28(18-22)14-9-20-7-8-24-21(17-20)11-16-31-24/h4-8,17,22,30H,2-3,9-16,18H2,1H3. The van der Waals surface area contributed by atoms with E-state index in [1.54, 1.807) is 6.07 Å². The third-order valence-corrected chi connectivity index (χ3v) is 7.81. The van der Waals surface area contributed by atoms with Crippen molar-refractivity contribution in [2.75, 3.05) is 26.2 Å². The lowest BCUT2D eigenvalue weighted by Gasteiger charge is -2.37. The number of hydrogen-bond donors (Lipinski definition) is 1. The van der Waals surface area contributed by atoms with E-state index in [2.05, 4.69) is 23.1 Å². The van der Waals surface area contributed by atoms with Crippen molar-refractivity contribution in [2.45, 2.75) is 57.3 Å². The zero-order chi connectivity index (χ0) is 22.1. The number of phenolic OH excluding ortho intramolecular Hbond substituents is 1. The summed E-state index contributed by atoms with van der Waals surface area (Å²) in [7, 11) is 0. The molecule has 2 aromatic carbocycles. The molecule has 5 heteroatoms. The number of hydrogen-bond acceptors (Lipinski definition) is 5. The van der Waals surface area contributed by atoms with Crippen molar-refractivity contribution in [3.05, 3.63) is 53.1 Å². The number of likely N-dealkylation sites (tertiary alicyclic amines) is 1. The fourth-order valence-corrected chi connectivity index (χ4v) is 6.23. The first-order chi connectivity index (χ1) is 15.5. The average Bonchev–Trinajstić information content (AvgIpc) is 3.53. The highest BCUT2D eigenvalue weighted by Crippen LogP contribution is 2.53. The van der Waals surface area contributed by atoms with Crippen molar-refractivity contribution in [1.29, 1.82) is 0 Å². The molecule has 3 aliphatic rings. The number of esters is 1. The molecule has 0 amide bonds. The monoisotopic (exact) mass is 435 g/mol. The molecule has 32 heavy (non-hydrogen) atoms. The highest BCUT2D eigenvalue weighted by Gasteiger charge is 2.46. The van der Waals surface area contributed by atoms with Crippen LogP contribution in [0.1, 0.15) is 55.7 Å². The molecule has 2 aliphatic heterocycles. The van der Waals surface area contributed by atoms with Gasteiger partial charge in [-0.05, 0) is 61.4 Å². The van der Waals surface area contributed by atoms with Crippen LogP contribution in [0.5, 0.6) is 17.2 Å². The molecule has 1 aliphatic carbocycles. The molecule has 1 unspecified atom stereocenters. The van der Waals surface area contributed by atoms with Crippen LogP contribution in [0, 0.1) is 5.92 Å². The average molecular weight is 436 g/mol. The van der Waals surface area contributed by atoms with Crippen molar-refractivity contribution in [3.63, 3.8) is 0 Å². The van der Waals surface area contributed by atoms with Gasteiger partial charge in [-0.15, -0.1) is 0 Å². The molecular formula is C27H33NO4. The lowest BCUT2D eigenvalue weighted by atomic mass is 9.68. The van der Waals surface area contributed by atoms with Crippen LogP contribution in [0.3, 0.4) is 0 Å². The maximum atomic E-state index is 11.5. The molecule has 5 nitrogen and oxygen atoms in total. The lowest BCUT2D eigenvalue weighted by Crippen LogP contribution is -2.35. The van der Waals surface area contributed by atoms with Crippen LogP contribution < -0.4 is 9.47 Å². The van der Waals surface area contributed by atoms with Gasteiger partial charge in [-0.2, -0.15) is 0 Å². The summed E-state index contributed by atoms with van der Waals surface area (Å²) in [6, 6.07) is 12.3. The Morgan fingerprint density at radius 2 is 2.09 bits per heavy atom. The second-order valence-corrected chi connectivity index (χ2v) is 9.69. The number of phenols is 1. The largest absolute Gasteiger partial charge is 0.504 e. The summed E-state index contributed by atoms with van der Waals surface area (Å²) in [6.45, 7) is 5.41. The van der Waals surface area contributed by atoms with Gasteiger partial charge in [0.25, 0.3) is 0 Å². The fraction of sp³-hybridized carbons (Fsp3) is 0.519. The molecule has 2 fully saturated rings. The van der Waals surface area contributed by atoms with Crippen LogP contribution >= 0.6 is 0 Å². The number of rotatable bonds is 6. The number of nitrogens with zero attached hydrogens (tertiary/aromatic N) is 1. The van der Waals surface area contributed by atoms with E-state index in [1.165, 1.54) is 30.9 Å². The number of fused-ring (bicyclic) bond motifs is 1. The molecule has 0 bridgehead atoms. The first-order valence-electron chi connectivity index (χ1n) is 12.0. The number of aromatic hydroxyl groups is 1. The number of ether oxygens (including phenoxy) is 2. The Labute approximate surface area is 190 Å². The summed E-state index contributed by atoms with van der Waals surface area (Å²) in [6.07, 6.45) is 7.78. The Hall–Kier alpha value is -2.53. The van der Waals surface area contributed by atoms with Gasteiger partial charge in [-0.25, -0.2) is 0 Å². The van der Waals surface area contributed by atoms with Crippen molar-refractivity contribution in [2.24, 2.45) is 5.92 Å². The summed E-state index contributed by atoms with van der Waals surface area (Å²) in [4.78, 5) is 14.1. The Bertz CT molecular complexity index is 995. The molecule has 1 N–H and O–H groups in total. The van der Waals surface area contributed by atoms with E-state index in [0.29, 0.717) is 5.92 Å². The maximum Gasteiger partial charge on any atom is 0.308 e. The van der Waals surface area contributed by atoms with E-state index in [-0.39, 0.29) is 16.9 Å². The third kappa shape index (κ3) is 3.99. The molecule has 1 saturated carbocycles. The SMILES string of the molecule is CC(=O)Oc1cccc(C2(C3CCN(CCc4ccc5c(c4)CCO5)C3)CCCC2)c1O. The highest BCUT2D eigenvalue weighted by atomic mass is 16.5. The zero-order valence-corrected chi connectivity index (χ0v) is 18.9. The predicted molar refractivity (Wildman–Crippen MR) is 123 cm³/mol. The molecule has 0 aromatic heterocycles. The molecular weight excluding hydrogens is 402 g/mol. The topological polar surface area (TPSA) is 59.0 Å². The van der Waals surface area contributed by atoms with Gasteiger partial charge >= 0.3 is 5.97 Å². The van der Waals surface area contributed by atoms with Gasteiger partial charge in [0.1, 0.15) is 5.75 Å². The number of carbonyl (C=O) groups excluding carboxylic acids is 1. The van der Waals surface area contributed by atoms with E-state index in [1.807, 2.05) is 12.1 Å². The normalized spacial score (nSPS) is 22.0. The summed E-state index contributed by atoms with van der Waals surface area (Å²) in [5.41, 5.74) is 3.67. The van der Waals surface area contributed by atoms with Gasteiger partial charge in [-0.3, -0.25) is 4.79 Å². The van der Waals surface area contributed by atoms with Gasteiger partial charge in [0.05, 0.1) is 6.61 Å². The Balaban J connectivity index is 1.30. The maximum absolute atomic E-state index is 11.5. The van der Waals surface area contributed by atoms with Gasteiger partial charge in [0.2, 0.25) is 0 Å². The molecule has 5 rings (SSSR count). The lowest BCUT2D eigenvalue weighted by molar-refractivity contribution is -0.132. The van der Waals surface area contributed by atoms with E-state index in [9.17, 15) is 9.90 Å². The van der Waals surface area contributed by atoms with E-state index >= 15 is 0 Å². The number of benzene rings is 2. The number of carbonyl (C=O) groups is 1. The van der Waals surface area contributed by atoms with Crippen molar-refractivity contribution < 1.29 is 19.4 Å². The van der Waals surface area contributed by atoms with Crippen LogP contribution in [0.2, 0.25) is 0 Å². The first kappa shape index (κ1) is 21.3. The van der Waals surface area contributed by atoms with Gasteiger partial charge in [0, 0.05) is 37.4 Å². The molecule has 0 spiro atoms. The molecule has 170 valence electrons. The second-order valence-electron chi connectivity index (χ2n) is 9.69. The Morgan fingerprint density at radius 3 is 2.91 bits per heavy atom. The molecule has 0 radical (unpaired) electrons. The van der Waals surface area contributed by atoms with Gasteiger partial charge in [-0.1, -0.05) is 37.1 Å². The van der Waals surface area contributed by atoms with Gasteiger partial charge < -0.3 is 19.5 Å². The fourth-order valence-electron chi connectivity index (χ4n) is 6.23. The molecule has 1 saturated heterocycles. The first-order valence-corrected chi connectivity index (χ1v) is 12.0. The minimum Gasteiger partial charge on any atom is -0.504 e. The zero-order valence-electron chi connectivity index (χ0n) is 18.9. The Kier molecular flexibility index (Phi) is 5.85. The van der Waals surface area contributed by atoms with Crippen LogP contribution in [-0.2, 0) is 23.1 Å². The summed E-state index contributed by atoms with van der Waals surface area (Å²) < 4.78 is 10.9. The minimum atomic E-state index is -0.400. The summed E-state index contributed by atoms with van der Waals surface area (Å²) in [5.74, 6) is 1.61. The van der Waals surface area contributed by atoms with E-state index in [0.717, 1.165) is 69.7 Å². The van der Waals surface area contributed by atoms with Gasteiger partial charge in [0.15, 0.2) is 11.5 Å². The van der Waals surface area contributed by atoms with Crippen LogP contribution in [0.4, 0.5) is 0 Å². The second kappa shape index (κ2) is 8.78. The quantitative estimate of drug-likeness (QED) is 0.530. The molecule has 2 aromatic rings. The summed E-state index contributed by atoms with van der Waals surface area (Å²) >= 11 is 0. The van der Waals surface area contributed by atoms with E-state index < -0.39 is 5.97 Å². The van der Waals surface area contributed by atoms with E-state index in [4.69, 9.17) is 9.47 Å². The molecule has 2 heterocycles. The van der Waals surface area contributed by atoms with Crippen LogP contribution in [0.25, 0.3) is 0 Å². The third-order valence-electron chi connectivity index (χ3n) is 7.81. The smallest absolute Gasteiger partial charge is 0.308 e. The summed E-state index contributed by atoms with van der Waals surface area (Å²) in [5, 5.41) is 11.0. The van der Waals surface area contributed by atoms with Crippen molar-refractivity contribution in [3.8, 4) is 17.2 Å². The highest BCUT2D eigenvalue weighted by molar-refractivity contribution is 5.71. The van der Waals surface area contributed by atoms with Crippen LogP contribution in [0.15, 0.2) is 36.4 Å². The minimum absolute atomic E-state index is 0.0279. The Morgan fingerprint density at radius 1 is 1.25 bits per heavy atom. The van der Waals surface area contributed by atoms with Crippen LogP contribution in [-0.4, -0.2) is 42.2 Å².